The maximum Gasteiger partial charge on any atom is 0.258 e. The quantitative estimate of drug-likeness (QED) is 0.596. The first-order valence-corrected chi connectivity index (χ1v) is 8.85. The first-order chi connectivity index (χ1) is 13.3. The van der Waals surface area contributed by atoms with E-state index in [1.165, 1.54) is 6.07 Å². The van der Waals surface area contributed by atoms with Crippen molar-refractivity contribution in [3.8, 4) is 0 Å². The molecule has 0 saturated carbocycles. The van der Waals surface area contributed by atoms with Crippen LogP contribution in [0.4, 0.5) is 8.78 Å². The number of dihydropyridines is 1. The van der Waals surface area contributed by atoms with Gasteiger partial charge in [0.15, 0.2) is 17.5 Å². The monoisotopic (exact) mass is 406 g/mol. The lowest BCUT2D eigenvalue weighted by molar-refractivity contribution is 0.0976. The summed E-state index contributed by atoms with van der Waals surface area (Å²) in [6.45, 7) is 4.61. The molecule has 1 aromatic carbocycles. The molecule has 0 bridgehead atoms. The lowest BCUT2D eigenvalue weighted by atomic mass is 10.1. The van der Waals surface area contributed by atoms with Gasteiger partial charge in [-0.1, -0.05) is 25.4 Å². The van der Waals surface area contributed by atoms with Crippen LogP contribution in [0.2, 0.25) is 0 Å². The Hall–Kier alpha value is -2.94. The number of hydrogen-bond acceptors (Lipinski definition) is 4. The van der Waals surface area contributed by atoms with Crippen molar-refractivity contribution >= 4 is 41.2 Å². The second-order valence-electron chi connectivity index (χ2n) is 6.46. The highest BCUT2D eigenvalue weighted by molar-refractivity contribution is 6.53. The number of nitrogens with one attached hydrogen (secondary N) is 2. The van der Waals surface area contributed by atoms with Crippen LogP contribution >= 0.6 is 11.6 Å². The van der Waals surface area contributed by atoms with Crippen molar-refractivity contribution in [3.05, 3.63) is 46.0 Å². The van der Waals surface area contributed by atoms with Gasteiger partial charge in [-0.15, -0.1) is 0 Å². The van der Waals surface area contributed by atoms with Crippen molar-refractivity contribution in [2.45, 2.75) is 13.8 Å². The van der Waals surface area contributed by atoms with E-state index in [-0.39, 0.29) is 17.4 Å². The maximum absolute atomic E-state index is 13.4. The first-order valence-electron chi connectivity index (χ1n) is 8.47. The van der Waals surface area contributed by atoms with Crippen molar-refractivity contribution < 1.29 is 13.6 Å². The van der Waals surface area contributed by atoms with E-state index in [1.807, 2.05) is 13.8 Å². The zero-order valence-electron chi connectivity index (χ0n) is 15.1. The van der Waals surface area contributed by atoms with E-state index >= 15 is 0 Å². The number of fused-ring (bicyclic) bond motifs is 1. The Kier molecular flexibility index (Phi) is 5.93. The van der Waals surface area contributed by atoms with E-state index < -0.39 is 17.5 Å². The minimum atomic E-state index is -1.12. The van der Waals surface area contributed by atoms with Crippen molar-refractivity contribution in [1.82, 2.24) is 10.7 Å². The van der Waals surface area contributed by atoms with Crippen LogP contribution in [-0.2, 0) is 0 Å². The summed E-state index contributed by atoms with van der Waals surface area (Å²) in [5.41, 5.74) is 3.79. The molecule has 0 saturated heterocycles. The second kappa shape index (κ2) is 8.39. The third-order valence-electron chi connectivity index (χ3n) is 3.72. The summed E-state index contributed by atoms with van der Waals surface area (Å²) < 4.78 is 26.5. The average molecular weight is 407 g/mol. The third-order valence-corrected chi connectivity index (χ3v) is 4.03. The van der Waals surface area contributed by atoms with Gasteiger partial charge in [-0.25, -0.2) is 8.78 Å². The second-order valence-corrected chi connectivity index (χ2v) is 6.92. The smallest absolute Gasteiger partial charge is 0.258 e. The van der Waals surface area contributed by atoms with Crippen LogP contribution in [0.1, 0.15) is 24.2 Å². The molecule has 0 atom stereocenters. The zero-order chi connectivity index (χ0) is 20.3. The first kappa shape index (κ1) is 19.8. The standard InChI is InChI=1S/C18H17ClF2N6O/c1-9(2)6-23-18(25-17(28)10-3-4-12(20)13(21)5-10)24-16-15-11(19)7-22-8-14(15)26-27-16/h3-5,8-9H,6-7H2,1-2H3,(H2,23,24,25,27,28). The average Bonchev–Trinajstić information content (AvgIpc) is 3.06. The zero-order valence-corrected chi connectivity index (χ0v) is 15.9. The highest BCUT2D eigenvalue weighted by atomic mass is 35.5. The fourth-order valence-corrected chi connectivity index (χ4v) is 2.62. The summed E-state index contributed by atoms with van der Waals surface area (Å²) in [4.78, 5) is 25.1. The number of benzene rings is 1. The number of aliphatic imine (C=N–C) groups is 3. The molecule has 7 nitrogen and oxygen atoms in total. The van der Waals surface area contributed by atoms with Crippen LogP contribution in [0.3, 0.4) is 0 Å². The largest absolute Gasteiger partial charge is 0.291 e. The Morgan fingerprint density at radius 2 is 2.14 bits per heavy atom. The van der Waals surface area contributed by atoms with Crippen LogP contribution in [0, 0.1) is 17.6 Å². The molecular formula is C18H17ClF2N6O. The van der Waals surface area contributed by atoms with Crippen LogP contribution in [0.15, 0.2) is 48.9 Å². The Morgan fingerprint density at radius 3 is 2.86 bits per heavy atom. The Balaban J connectivity index is 1.87. The number of hydrogen-bond donors (Lipinski definition) is 2. The predicted molar refractivity (Wildman–Crippen MR) is 105 cm³/mol. The van der Waals surface area contributed by atoms with Gasteiger partial charge in [0.1, 0.15) is 5.71 Å². The van der Waals surface area contributed by atoms with E-state index in [9.17, 15) is 13.6 Å². The molecule has 10 heteroatoms. The lowest BCUT2D eigenvalue weighted by Crippen LogP contribution is -2.32. The van der Waals surface area contributed by atoms with Crippen LogP contribution in [0.5, 0.6) is 0 Å². The van der Waals surface area contributed by atoms with E-state index in [2.05, 4.69) is 30.8 Å². The van der Waals surface area contributed by atoms with Gasteiger partial charge in [0, 0.05) is 18.3 Å². The van der Waals surface area contributed by atoms with Gasteiger partial charge < -0.3 is 0 Å². The summed E-state index contributed by atoms with van der Waals surface area (Å²) in [5.74, 6) is -2.29. The van der Waals surface area contributed by atoms with Crippen molar-refractivity contribution in [3.63, 3.8) is 0 Å². The van der Waals surface area contributed by atoms with Crippen LogP contribution < -0.4 is 10.7 Å². The van der Waals surface area contributed by atoms with Crippen molar-refractivity contribution in [1.29, 1.82) is 0 Å². The van der Waals surface area contributed by atoms with E-state index in [4.69, 9.17) is 11.6 Å². The molecule has 2 aliphatic heterocycles. The normalized spacial score (nSPS) is 17.7. The number of nitrogens with zero attached hydrogens (tertiary/aromatic N) is 4. The Morgan fingerprint density at radius 1 is 1.36 bits per heavy atom. The Bertz CT molecular complexity index is 965. The Labute approximate surface area is 165 Å². The molecule has 1 amide bonds. The van der Waals surface area contributed by atoms with Crippen molar-refractivity contribution in [2.24, 2.45) is 26.0 Å². The fourth-order valence-electron chi connectivity index (χ4n) is 2.37. The fraction of sp³-hybridized carbons (Fsp3) is 0.278. The SMILES string of the molecule is CC(C)CN=C(N=C1NN=C2C=NCC(Cl)=C21)NC(=O)c1ccc(F)c(F)c1. The predicted octanol–water partition coefficient (Wildman–Crippen LogP) is 2.64. The molecule has 146 valence electrons. The van der Waals surface area contributed by atoms with Gasteiger partial charge in [-0.3, -0.25) is 25.5 Å². The molecule has 2 aliphatic rings. The van der Waals surface area contributed by atoms with Gasteiger partial charge in [0.05, 0.1) is 17.2 Å². The molecule has 0 aromatic heterocycles. The molecule has 0 radical (unpaired) electrons. The molecule has 0 spiro atoms. The molecule has 3 rings (SSSR count). The summed E-state index contributed by atoms with van der Waals surface area (Å²) in [6.07, 6.45) is 1.57. The number of guanidine groups is 1. The number of rotatable bonds is 3. The number of hydrazone groups is 1. The van der Waals surface area contributed by atoms with Crippen molar-refractivity contribution in [2.75, 3.05) is 13.1 Å². The summed E-state index contributed by atoms with van der Waals surface area (Å²) in [7, 11) is 0. The number of carbonyl (C=O) groups is 1. The minimum Gasteiger partial charge on any atom is -0.291 e. The highest BCUT2D eigenvalue weighted by Crippen LogP contribution is 2.19. The van der Waals surface area contributed by atoms with Crippen LogP contribution in [0.25, 0.3) is 0 Å². The van der Waals surface area contributed by atoms with Gasteiger partial charge in [0.25, 0.3) is 5.91 Å². The topological polar surface area (TPSA) is 90.6 Å². The highest BCUT2D eigenvalue weighted by Gasteiger charge is 2.26. The van der Waals surface area contributed by atoms with Gasteiger partial charge in [0.2, 0.25) is 5.96 Å². The van der Waals surface area contributed by atoms with Crippen LogP contribution in [-0.4, -0.2) is 42.7 Å². The molecule has 0 unspecified atom stereocenters. The molecule has 0 fully saturated rings. The molecule has 2 heterocycles. The third kappa shape index (κ3) is 4.48. The molecule has 28 heavy (non-hydrogen) atoms. The van der Waals surface area contributed by atoms with Gasteiger partial charge >= 0.3 is 0 Å². The number of carbonyl (C=O) groups excluding carboxylic acids is 1. The van der Waals surface area contributed by atoms with Gasteiger partial charge in [-0.2, -0.15) is 10.1 Å². The molecule has 1 aromatic rings. The lowest BCUT2D eigenvalue weighted by Gasteiger charge is -2.10. The van der Waals surface area contributed by atoms with Gasteiger partial charge in [-0.05, 0) is 24.1 Å². The summed E-state index contributed by atoms with van der Waals surface area (Å²) in [6, 6.07) is 2.86. The maximum atomic E-state index is 13.4. The van der Waals surface area contributed by atoms with E-state index in [1.54, 1.807) is 6.21 Å². The van der Waals surface area contributed by atoms with E-state index in [0.717, 1.165) is 12.1 Å². The number of amides is 1. The number of halogens is 3. The molecule has 0 aliphatic carbocycles. The van der Waals surface area contributed by atoms with E-state index in [0.29, 0.717) is 35.2 Å². The summed E-state index contributed by atoms with van der Waals surface area (Å²) in [5, 5.41) is 7.06. The minimum absolute atomic E-state index is 0.00172. The summed E-state index contributed by atoms with van der Waals surface area (Å²) >= 11 is 6.22. The molecular weight excluding hydrogens is 390 g/mol. The molecule has 2 N–H and O–H groups in total. The number of amidine groups is 1.